The highest BCUT2D eigenvalue weighted by atomic mass is 35.5. The average Bonchev–Trinajstić information content (AvgIpc) is 3.29. The number of hydrogen-bond donors (Lipinski definition) is 1. The molecule has 136 valence electrons. The SMILES string of the molecule is Cc1ccc(-n2ncc3c2NC(=O)CC3c2ccc3c(c2)OCO3)cc1Cl. The van der Waals surface area contributed by atoms with Gasteiger partial charge in [-0.25, -0.2) is 4.68 Å². The fourth-order valence-corrected chi connectivity index (χ4v) is 3.73. The van der Waals surface area contributed by atoms with E-state index in [1.807, 2.05) is 43.3 Å². The molecule has 1 atom stereocenters. The highest BCUT2D eigenvalue weighted by molar-refractivity contribution is 6.31. The zero-order chi connectivity index (χ0) is 18.5. The zero-order valence-electron chi connectivity index (χ0n) is 14.5. The maximum Gasteiger partial charge on any atom is 0.231 e. The molecular weight excluding hydrogens is 366 g/mol. The Morgan fingerprint density at radius 1 is 1.19 bits per heavy atom. The van der Waals surface area contributed by atoms with Crippen molar-refractivity contribution in [3.05, 3.63) is 64.3 Å². The van der Waals surface area contributed by atoms with Gasteiger partial charge in [0.25, 0.3) is 0 Å². The van der Waals surface area contributed by atoms with Crippen molar-refractivity contribution in [2.75, 3.05) is 12.1 Å². The molecule has 1 aromatic heterocycles. The van der Waals surface area contributed by atoms with E-state index in [-0.39, 0.29) is 18.6 Å². The van der Waals surface area contributed by atoms with Gasteiger partial charge in [0.1, 0.15) is 5.82 Å². The summed E-state index contributed by atoms with van der Waals surface area (Å²) in [7, 11) is 0. The molecule has 1 N–H and O–H groups in total. The minimum Gasteiger partial charge on any atom is -0.454 e. The third-order valence-corrected chi connectivity index (χ3v) is 5.43. The second-order valence-corrected chi connectivity index (χ2v) is 7.12. The predicted octanol–water partition coefficient (Wildman–Crippen LogP) is 4.04. The number of nitrogens with zero attached hydrogens (tertiary/aromatic N) is 2. The summed E-state index contributed by atoms with van der Waals surface area (Å²) in [5.74, 6) is 1.96. The van der Waals surface area contributed by atoms with Crippen molar-refractivity contribution in [3.8, 4) is 17.2 Å². The van der Waals surface area contributed by atoms with Gasteiger partial charge in [0, 0.05) is 22.9 Å². The van der Waals surface area contributed by atoms with Gasteiger partial charge in [-0.1, -0.05) is 23.7 Å². The number of ether oxygens (including phenoxy) is 2. The molecule has 0 spiro atoms. The van der Waals surface area contributed by atoms with E-state index in [0.717, 1.165) is 28.1 Å². The van der Waals surface area contributed by atoms with Gasteiger partial charge < -0.3 is 14.8 Å². The number of aryl methyl sites for hydroxylation is 1. The summed E-state index contributed by atoms with van der Waals surface area (Å²) in [4.78, 5) is 12.4. The van der Waals surface area contributed by atoms with Crippen LogP contribution in [0.2, 0.25) is 5.02 Å². The first-order valence-electron chi connectivity index (χ1n) is 8.64. The molecule has 1 amide bonds. The van der Waals surface area contributed by atoms with Crippen LogP contribution in [0.1, 0.15) is 29.0 Å². The molecule has 0 bridgehead atoms. The fourth-order valence-electron chi connectivity index (χ4n) is 3.56. The van der Waals surface area contributed by atoms with Crippen molar-refractivity contribution < 1.29 is 14.3 Å². The molecule has 1 unspecified atom stereocenters. The third-order valence-electron chi connectivity index (χ3n) is 5.02. The lowest BCUT2D eigenvalue weighted by Gasteiger charge is -2.24. The van der Waals surface area contributed by atoms with E-state index in [9.17, 15) is 4.79 Å². The maximum atomic E-state index is 12.4. The number of amides is 1. The molecule has 27 heavy (non-hydrogen) atoms. The van der Waals surface area contributed by atoms with Crippen LogP contribution in [0.25, 0.3) is 5.69 Å². The molecule has 2 aliphatic heterocycles. The summed E-state index contributed by atoms with van der Waals surface area (Å²) in [5, 5.41) is 8.12. The van der Waals surface area contributed by atoms with Crippen LogP contribution in [-0.2, 0) is 4.79 Å². The summed E-state index contributed by atoms with van der Waals surface area (Å²) in [6.07, 6.45) is 2.16. The van der Waals surface area contributed by atoms with Gasteiger partial charge in [0.15, 0.2) is 11.5 Å². The lowest BCUT2D eigenvalue weighted by molar-refractivity contribution is -0.116. The normalized spacial score (nSPS) is 17.6. The number of carbonyl (C=O) groups is 1. The van der Waals surface area contributed by atoms with Gasteiger partial charge in [-0.3, -0.25) is 4.79 Å². The highest BCUT2D eigenvalue weighted by Crippen LogP contribution is 2.42. The van der Waals surface area contributed by atoms with Crippen LogP contribution in [-0.4, -0.2) is 22.5 Å². The molecule has 0 saturated carbocycles. The van der Waals surface area contributed by atoms with Crippen molar-refractivity contribution in [1.82, 2.24) is 9.78 Å². The van der Waals surface area contributed by atoms with Crippen molar-refractivity contribution in [2.24, 2.45) is 0 Å². The third kappa shape index (κ3) is 2.64. The first-order valence-corrected chi connectivity index (χ1v) is 9.02. The van der Waals surface area contributed by atoms with Crippen LogP contribution in [0.4, 0.5) is 5.82 Å². The molecule has 3 heterocycles. The van der Waals surface area contributed by atoms with Crippen LogP contribution in [0.15, 0.2) is 42.6 Å². The smallest absolute Gasteiger partial charge is 0.231 e. The number of nitrogens with one attached hydrogen (secondary N) is 1. The number of fused-ring (bicyclic) bond motifs is 2. The van der Waals surface area contributed by atoms with E-state index in [2.05, 4.69) is 10.4 Å². The van der Waals surface area contributed by atoms with Gasteiger partial charge in [-0.05, 0) is 42.3 Å². The largest absolute Gasteiger partial charge is 0.454 e. The molecule has 0 saturated heterocycles. The Balaban J connectivity index is 1.59. The first-order chi connectivity index (χ1) is 13.1. The van der Waals surface area contributed by atoms with Crippen LogP contribution < -0.4 is 14.8 Å². The van der Waals surface area contributed by atoms with Gasteiger partial charge in [0.05, 0.1) is 11.9 Å². The minimum absolute atomic E-state index is 0.0508. The minimum atomic E-state index is -0.0991. The van der Waals surface area contributed by atoms with Crippen molar-refractivity contribution in [2.45, 2.75) is 19.3 Å². The predicted molar refractivity (Wildman–Crippen MR) is 101 cm³/mol. The standard InChI is InChI=1S/C20H16ClN3O3/c1-11-2-4-13(7-16(11)21)24-20-15(9-22-24)14(8-19(25)23-20)12-3-5-17-18(6-12)27-10-26-17/h2-7,9,14H,8,10H2,1H3,(H,23,25). The van der Waals surface area contributed by atoms with Crippen molar-refractivity contribution >= 4 is 23.3 Å². The Labute approximate surface area is 160 Å². The molecule has 3 aromatic rings. The van der Waals surface area contributed by atoms with Crippen LogP contribution >= 0.6 is 11.6 Å². The number of benzene rings is 2. The molecule has 2 aliphatic rings. The Bertz CT molecular complexity index is 1080. The second-order valence-electron chi connectivity index (χ2n) is 6.71. The Morgan fingerprint density at radius 3 is 2.89 bits per heavy atom. The summed E-state index contributed by atoms with van der Waals surface area (Å²) in [6, 6.07) is 11.5. The molecule has 0 fully saturated rings. The van der Waals surface area contributed by atoms with Gasteiger partial charge >= 0.3 is 0 Å². The van der Waals surface area contributed by atoms with E-state index < -0.39 is 0 Å². The maximum absolute atomic E-state index is 12.4. The van der Waals surface area contributed by atoms with E-state index >= 15 is 0 Å². The van der Waals surface area contributed by atoms with Crippen LogP contribution in [0.3, 0.4) is 0 Å². The van der Waals surface area contributed by atoms with Crippen LogP contribution in [0, 0.1) is 6.92 Å². The molecule has 6 nitrogen and oxygen atoms in total. The number of rotatable bonds is 2. The van der Waals surface area contributed by atoms with E-state index in [0.29, 0.717) is 23.0 Å². The van der Waals surface area contributed by atoms with Crippen LogP contribution in [0.5, 0.6) is 11.5 Å². The number of halogens is 1. The number of carbonyl (C=O) groups excluding carboxylic acids is 1. The summed E-state index contributed by atoms with van der Waals surface area (Å²) in [5.41, 5.74) is 3.75. The van der Waals surface area contributed by atoms with Gasteiger partial charge in [0.2, 0.25) is 12.7 Å². The zero-order valence-corrected chi connectivity index (χ0v) is 15.3. The number of hydrogen-bond acceptors (Lipinski definition) is 4. The average molecular weight is 382 g/mol. The topological polar surface area (TPSA) is 65.4 Å². The molecule has 2 aromatic carbocycles. The molecular formula is C20H16ClN3O3. The van der Waals surface area contributed by atoms with E-state index in [1.54, 1.807) is 10.9 Å². The first kappa shape index (κ1) is 16.2. The lowest BCUT2D eigenvalue weighted by Crippen LogP contribution is -2.24. The second kappa shape index (κ2) is 6.03. The molecule has 0 radical (unpaired) electrons. The Kier molecular flexibility index (Phi) is 3.62. The summed E-state index contributed by atoms with van der Waals surface area (Å²) in [6.45, 7) is 2.17. The highest BCUT2D eigenvalue weighted by Gasteiger charge is 2.31. The quantitative estimate of drug-likeness (QED) is 0.727. The monoisotopic (exact) mass is 381 g/mol. The molecule has 0 aliphatic carbocycles. The molecule has 5 rings (SSSR count). The number of anilines is 1. The number of aromatic nitrogens is 2. The summed E-state index contributed by atoms with van der Waals surface area (Å²) < 4.78 is 12.6. The van der Waals surface area contributed by atoms with Crippen molar-refractivity contribution in [1.29, 1.82) is 0 Å². The van der Waals surface area contributed by atoms with Gasteiger partial charge in [-0.2, -0.15) is 5.10 Å². The molecule has 7 heteroatoms. The Morgan fingerprint density at radius 2 is 2.04 bits per heavy atom. The Hall–Kier alpha value is -2.99. The van der Waals surface area contributed by atoms with E-state index in [1.165, 1.54) is 0 Å². The van der Waals surface area contributed by atoms with E-state index in [4.69, 9.17) is 21.1 Å². The summed E-state index contributed by atoms with van der Waals surface area (Å²) >= 11 is 6.27. The van der Waals surface area contributed by atoms with Gasteiger partial charge in [-0.15, -0.1) is 0 Å². The lowest BCUT2D eigenvalue weighted by atomic mass is 9.87. The van der Waals surface area contributed by atoms with Crippen molar-refractivity contribution in [3.63, 3.8) is 0 Å². The fraction of sp³-hybridized carbons (Fsp3) is 0.200.